The fourth-order valence-electron chi connectivity index (χ4n) is 2.16. The maximum absolute atomic E-state index is 12.2. The molecule has 20 heavy (non-hydrogen) atoms. The Morgan fingerprint density at radius 3 is 2.50 bits per heavy atom. The second-order valence-electron chi connectivity index (χ2n) is 4.23. The van der Waals surface area contributed by atoms with Gasteiger partial charge in [0.05, 0.1) is 16.8 Å². The van der Waals surface area contributed by atoms with E-state index in [0.717, 1.165) is 9.64 Å². The minimum atomic E-state index is -0.594. The molecular formula is C13H8IN3O3. The quantitative estimate of drug-likeness (QED) is 0.567. The second kappa shape index (κ2) is 4.44. The second-order valence-corrected chi connectivity index (χ2v) is 5.39. The SMILES string of the molecule is Nc1c2c(cc(=O)n1-c1ccccc1I)C(=O)NC2=O. The molecule has 2 aromatic rings. The van der Waals surface area contributed by atoms with Gasteiger partial charge in [-0.2, -0.15) is 0 Å². The molecule has 3 N–H and O–H groups in total. The number of hydrogen-bond donors (Lipinski definition) is 2. The lowest BCUT2D eigenvalue weighted by molar-refractivity contribution is 0.0880. The fraction of sp³-hybridized carbons (Fsp3) is 0. The van der Waals surface area contributed by atoms with Crippen molar-refractivity contribution in [2.75, 3.05) is 5.73 Å². The van der Waals surface area contributed by atoms with Crippen molar-refractivity contribution in [2.24, 2.45) is 0 Å². The van der Waals surface area contributed by atoms with Crippen molar-refractivity contribution in [3.8, 4) is 5.69 Å². The minimum Gasteiger partial charge on any atom is -0.384 e. The van der Waals surface area contributed by atoms with Crippen LogP contribution < -0.4 is 16.6 Å². The van der Waals surface area contributed by atoms with Gasteiger partial charge in [-0.15, -0.1) is 0 Å². The molecule has 6 nitrogen and oxygen atoms in total. The molecule has 0 spiro atoms. The number of anilines is 1. The lowest BCUT2D eigenvalue weighted by Crippen LogP contribution is -2.24. The first-order chi connectivity index (χ1) is 9.50. The van der Waals surface area contributed by atoms with Gasteiger partial charge in [-0.25, -0.2) is 0 Å². The highest BCUT2D eigenvalue weighted by molar-refractivity contribution is 14.1. The number of rotatable bonds is 1. The molecule has 1 aliphatic heterocycles. The van der Waals surface area contributed by atoms with Crippen LogP contribution in [0, 0.1) is 3.57 Å². The number of halogens is 1. The van der Waals surface area contributed by atoms with Crippen LogP contribution in [0.25, 0.3) is 5.69 Å². The van der Waals surface area contributed by atoms with E-state index in [9.17, 15) is 14.4 Å². The molecule has 2 amide bonds. The molecular weight excluding hydrogens is 373 g/mol. The molecule has 0 radical (unpaired) electrons. The number of nitrogens with zero attached hydrogens (tertiary/aromatic N) is 1. The Bertz CT molecular complexity index is 826. The molecule has 0 saturated heterocycles. The lowest BCUT2D eigenvalue weighted by Gasteiger charge is -2.13. The van der Waals surface area contributed by atoms with Gasteiger partial charge in [0.15, 0.2) is 0 Å². The Kier molecular flexibility index (Phi) is 2.85. The number of carbonyl (C=O) groups is 2. The van der Waals surface area contributed by atoms with Crippen molar-refractivity contribution in [1.82, 2.24) is 9.88 Å². The number of nitrogens with two attached hydrogens (primary N) is 1. The number of hydrogen-bond acceptors (Lipinski definition) is 4. The summed E-state index contributed by atoms with van der Waals surface area (Å²) in [5.74, 6) is -1.20. The Morgan fingerprint density at radius 2 is 1.80 bits per heavy atom. The topological polar surface area (TPSA) is 94.2 Å². The minimum absolute atomic E-state index is 0.0275. The van der Waals surface area contributed by atoms with E-state index in [4.69, 9.17) is 5.73 Å². The molecule has 1 aromatic carbocycles. The zero-order chi connectivity index (χ0) is 14.4. The number of aromatic nitrogens is 1. The molecule has 0 fully saturated rings. The van der Waals surface area contributed by atoms with Crippen LogP contribution in [0.4, 0.5) is 5.82 Å². The van der Waals surface area contributed by atoms with E-state index in [0.29, 0.717) is 5.69 Å². The average molecular weight is 381 g/mol. The van der Waals surface area contributed by atoms with Gasteiger partial charge in [0.25, 0.3) is 17.4 Å². The molecule has 0 atom stereocenters. The third kappa shape index (κ3) is 1.73. The van der Waals surface area contributed by atoms with Gasteiger partial charge in [0.1, 0.15) is 5.82 Å². The van der Waals surface area contributed by atoms with E-state index in [1.54, 1.807) is 12.1 Å². The molecule has 1 aromatic heterocycles. The molecule has 7 heteroatoms. The van der Waals surface area contributed by atoms with E-state index in [-0.39, 0.29) is 16.9 Å². The van der Waals surface area contributed by atoms with Crippen LogP contribution in [-0.4, -0.2) is 16.4 Å². The average Bonchev–Trinajstić information content (AvgIpc) is 2.67. The maximum atomic E-state index is 12.2. The van der Waals surface area contributed by atoms with Gasteiger partial charge in [-0.05, 0) is 34.7 Å². The Hall–Kier alpha value is -2.16. The maximum Gasteiger partial charge on any atom is 0.262 e. The van der Waals surface area contributed by atoms with Crippen LogP contribution in [0.5, 0.6) is 0 Å². The van der Waals surface area contributed by atoms with Gasteiger partial charge in [-0.1, -0.05) is 12.1 Å². The van der Waals surface area contributed by atoms with Crippen LogP contribution in [0.1, 0.15) is 20.7 Å². The predicted molar refractivity (Wildman–Crippen MR) is 81.0 cm³/mol. The number of fused-ring (bicyclic) bond motifs is 1. The number of imide groups is 1. The third-order valence-electron chi connectivity index (χ3n) is 3.05. The number of pyridine rings is 1. The number of nitrogen functional groups attached to an aromatic ring is 1. The summed E-state index contributed by atoms with van der Waals surface area (Å²) in [6.07, 6.45) is 0. The summed E-state index contributed by atoms with van der Waals surface area (Å²) in [7, 11) is 0. The van der Waals surface area contributed by atoms with Gasteiger partial charge < -0.3 is 5.73 Å². The van der Waals surface area contributed by atoms with Gasteiger partial charge in [0.2, 0.25) is 0 Å². The fourth-order valence-corrected chi connectivity index (χ4v) is 2.79. The van der Waals surface area contributed by atoms with Crippen LogP contribution in [0.3, 0.4) is 0 Å². The standard InChI is InChI=1S/C13H8IN3O3/c14-7-3-1-2-4-8(7)17-9(18)5-6-10(11(17)15)13(20)16-12(6)19/h1-5H,15H2,(H,16,19,20). The summed E-state index contributed by atoms with van der Waals surface area (Å²) in [5.41, 5.74) is 6.14. The largest absolute Gasteiger partial charge is 0.384 e. The molecule has 100 valence electrons. The van der Waals surface area contributed by atoms with E-state index < -0.39 is 17.4 Å². The summed E-state index contributed by atoms with van der Waals surface area (Å²) < 4.78 is 2.04. The smallest absolute Gasteiger partial charge is 0.262 e. The molecule has 0 bridgehead atoms. The Balaban J connectivity index is 2.38. The number of nitrogens with one attached hydrogen (secondary N) is 1. The summed E-state index contributed by atoms with van der Waals surface area (Å²) in [6, 6.07) is 8.27. The van der Waals surface area contributed by atoms with Crippen LogP contribution in [0.15, 0.2) is 35.1 Å². The highest BCUT2D eigenvalue weighted by Crippen LogP contribution is 2.24. The normalized spacial score (nSPS) is 13.2. The monoisotopic (exact) mass is 381 g/mol. The molecule has 0 saturated carbocycles. The summed E-state index contributed by atoms with van der Waals surface area (Å²) in [4.78, 5) is 35.5. The molecule has 3 rings (SSSR count). The highest BCUT2D eigenvalue weighted by atomic mass is 127. The number of para-hydroxylation sites is 1. The van der Waals surface area contributed by atoms with E-state index in [2.05, 4.69) is 27.9 Å². The lowest BCUT2D eigenvalue weighted by atomic mass is 10.1. The molecule has 0 unspecified atom stereocenters. The Morgan fingerprint density at radius 1 is 1.10 bits per heavy atom. The zero-order valence-corrected chi connectivity index (χ0v) is 12.2. The van der Waals surface area contributed by atoms with Crippen LogP contribution in [0.2, 0.25) is 0 Å². The Labute approximate surface area is 126 Å². The van der Waals surface area contributed by atoms with Crippen molar-refractivity contribution >= 4 is 40.2 Å². The number of benzene rings is 1. The van der Waals surface area contributed by atoms with Crippen molar-refractivity contribution in [2.45, 2.75) is 0 Å². The van der Waals surface area contributed by atoms with Gasteiger partial charge in [-0.3, -0.25) is 24.3 Å². The van der Waals surface area contributed by atoms with Gasteiger partial charge >= 0.3 is 0 Å². The summed E-state index contributed by atoms with van der Waals surface area (Å²) in [5, 5.41) is 2.13. The summed E-state index contributed by atoms with van der Waals surface area (Å²) >= 11 is 2.07. The highest BCUT2D eigenvalue weighted by Gasteiger charge is 2.31. The van der Waals surface area contributed by atoms with Crippen molar-refractivity contribution in [3.05, 3.63) is 55.4 Å². The van der Waals surface area contributed by atoms with Gasteiger partial charge in [0, 0.05) is 9.64 Å². The predicted octanol–water partition coefficient (Wildman–Crippen LogP) is 0.908. The number of carbonyl (C=O) groups excluding carboxylic acids is 2. The van der Waals surface area contributed by atoms with E-state index in [1.807, 2.05) is 12.1 Å². The molecule has 2 heterocycles. The number of amides is 2. The van der Waals surface area contributed by atoms with Crippen molar-refractivity contribution in [3.63, 3.8) is 0 Å². The van der Waals surface area contributed by atoms with Crippen molar-refractivity contribution in [1.29, 1.82) is 0 Å². The van der Waals surface area contributed by atoms with Crippen molar-refractivity contribution < 1.29 is 9.59 Å². The van der Waals surface area contributed by atoms with Crippen LogP contribution in [-0.2, 0) is 0 Å². The first kappa shape index (κ1) is 12.9. The molecule has 1 aliphatic rings. The first-order valence-electron chi connectivity index (χ1n) is 5.67. The molecule has 0 aliphatic carbocycles. The zero-order valence-electron chi connectivity index (χ0n) is 10.0. The van der Waals surface area contributed by atoms with Crippen LogP contribution >= 0.6 is 22.6 Å². The first-order valence-corrected chi connectivity index (χ1v) is 6.74. The van der Waals surface area contributed by atoms with E-state index >= 15 is 0 Å². The van der Waals surface area contributed by atoms with E-state index in [1.165, 1.54) is 4.57 Å². The summed E-state index contributed by atoms with van der Waals surface area (Å²) in [6.45, 7) is 0. The third-order valence-corrected chi connectivity index (χ3v) is 3.96.